The van der Waals surface area contributed by atoms with E-state index in [1.807, 2.05) is 26.2 Å². The van der Waals surface area contributed by atoms with Crippen molar-refractivity contribution >= 4 is 5.91 Å². The number of fused-ring (bicyclic) bond motifs is 1. The van der Waals surface area contributed by atoms with Gasteiger partial charge in [-0.05, 0) is 37.0 Å². The van der Waals surface area contributed by atoms with Crippen molar-refractivity contribution in [2.45, 2.75) is 31.1 Å². The van der Waals surface area contributed by atoms with Crippen molar-refractivity contribution in [2.75, 3.05) is 20.9 Å². The number of hydrogen-bond donors (Lipinski definition) is 0. The summed E-state index contributed by atoms with van der Waals surface area (Å²) in [6, 6.07) is 6.04. The molecule has 0 unspecified atom stereocenters. The topological polar surface area (TPSA) is 38.8 Å². The minimum absolute atomic E-state index is 0.152. The van der Waals surface area contributed by atoms with Gasteiger partial charge >= 0.3 is 0 Å². The third kappa shape index (κ3) is 2.62. The molecule has 1 aromatic rings. The van der Waals surface area contributed by atoms with Crippen molar-refractivity contribution < 1.29 is 14.3 Å². The molecule has 4 nitrogen and oxygen atoms in total. The number of nitrogens with zero attached hydrogens (tertiary/aromatic N) is 1. The lowest BCUT2D eigenvalue weighted by Gasteiger charge is -2.34. The molecule has 3 rings (SSSR count). The molecule has 0 radical (unpaired) electrons. The molecule has 0 N–H and O–H groups in total. The van der Waals surface area contributed by atoms with Crippen molar-refractivity contribution in [2.24, 2.45) is 0 Å². The quantitative estimate of drug-likeness (QED) is 0.802. The molecule has 1 atom stereocenters. The monoisotopic (exact) mass is 287 g/mol. The van der Waals surface area contributed by atoms with Gasteiger partial charge in [0.15, 0.2) is 11.5 Å². The van der Waals surface area contributed by atoms with Crippen LogP contribution in [0.3, 0.4) is 0 Å². The highest BCUT2D eigenvalue weighted by atomic mass is 16.7. The third-order valence-electron chi connectivity index (χ3n) is 4.34. The molecule has 0 aromatic heterocycles. The summed E-state index contributed by atoms with van der Waals surface area (Å²) in [5.41, 5.74) is 0.915. The van der Waals surface area contributed by atoms with Gasteiger partial charge < -0.3 is 14.4 Å². The van der Waals surface area contributed by atoms with Gasteiger partial charge in [0.1, 0.15) is 0 Å². The minimum atomic E-state index is -0.222. The number of benzene rings is 1. The van der Waals surface area contributed by atoms with Crippen molar-refractivity contribution in [1.29, 1.82) is 0 Å². The fourth-order valence-corrected chi connectivity index (χ4v) is 3.05. The highest BCUT2D eigenvalue weighted by molar-refractivity contribution is 5.78. The molecule has 2 aliphatic rings. The summed E-state index contributed by atoms with van der Waals surface area (Å²) in [6.07, 6.45) is 8.07. The summed E-state index contributed by atoms with van der Waals surface area (Å²) in [4.78, 5) is 13.9. The summed E-state index contributed by atoms with van der Waals surface area (Å²) in [7, 11) is 3.62. The molecule has 21 heavy (non-hydrogen) atoms. The zero-order chi connectivity index (χ0) is 14.9. The second-order valence-electron chi connectivity index (χ2n) is 5.98. The Balaban J connectivity index is 1.97. The van der Waals surface area contributed by atoms with Gasteiger partial charge in [-0.3, -0.25) is 4.79 Å². The smallest absolute Gasteiger partial charge is 0.231 e. The third-order valence-corrected chi connectivity index (χ3v) is 4.34. The molecule has 0 spiro atoms. The van der Waals surface area contributed by atoms with Gasteiger partial charge in [-0.25, -0.2) is 0 Å². The fraction of sp³-hybridized carbons (Fsp3) is 0.471. The largest absolute Gasteiger partial charge is 0.454 e. The molecule has 0 bridgehead atoms. The number of carbonyl (C=O) groups is 1. The molecule has 4 heteroatoms. The van der Waals surface area contributed by atoms with E-state index < -0.39 is 0 Å². The predicted molar refractivity (Wildman–Crippen MR) is 80.5 cm³/mol. The van der Waals surface area contributed by atoms with Crippen LogP contribution in [0.25, 0.3) is 0 Å². The molecule has 112 valence electrons. The average molecular weight is 287 g/mol. The summed E-state index contributed by atoms with van der Waals surface area (Å²) in [5, 5.41) is 0. The number of rotatable bonds is 3. The molecule has 0 saturated carbocycles. The Labute approximate surface area is 125 Å². The Hall–Kier alpha value is -1.97. The summed E-state index contributed by atoms with van der Waals surface area (Å²) < 4.78 is 10.9. The van der Waals surface area contributed by atoms with E-state index in [1.165, 1.54) is 0 Å². The SMILES string of the molecule is CN(C)C(=O)C[C@]1(c2ccc3c(c2)OCO3)C=CCCC1. The van der Waals surface area contributed by atoms with E-state index in [0.29, 0.717) is 6.42 Å². The van der Waals surface area contributed by atoms with Crippen molar-refractivity contribution in [3.63, 3.8) is 0 Å². The first kappa shape index (κ1) is 14.0. The zero-order valence-electron chi connectivity index (χ0n) is 12.6. The van der Waals surface area contributed by atoms with Crippen LogP contribution < -0.4 is 9.47 Å². The lowest BCUT2D eigenvalue weighted by atomic mass is 9.71. The standard InChI is InChI=1S/C17H21NO3/c1-18(2)16(19)11-17(8-4-3-5-9-17)13-6-7-14-15(10-13)21-12-20-14/h4,6-8,10H,3,5,9,11-12H2,1-2H3/t17-/m0/s1. The molecule has 1 aliphatic carbocycles. The Morgan fingerprint density at radius 3 is 2.81 bits per heavy atom. The zero-order valence-corrected chi connectivity index (χ0v) is 12.6. The van der Waals surface area contributed by atoms with Crippen LogP contribution in [0, 0.1) is 0 Å². The number of carbonyl (C=O) groups excluding carboxylic acids is 1. The first-order valence-electron chi connectivity index (χ1n) is 7.39. The number of allylic oxidation sites excluding steroid dienone is 2. The first-order chi connectivity index (χ1) is 10.1. The summed E-state index contributed by atoms with van der Waals surface area (Å²) in [5.74, 6) is 1.72. The second kappa shape index (κ2) is 5.43. The van der Waals surface area contributed by atoms with E-state index in [9.17, 15) is 4.79 Å². The van der Waals surface area contributed by atoms with Crippen LogP contribution in [0.2, 0.25) is 0 Å². The lowest BCUT2D eigenvalue weighted by molar-refractivity contribution is -0.129. The van der Waals surface area contributed by atoms with Crippen LogP contribution in [-0.2, 0) is 10.2 Å². The van der Waals surface area contributed by atoms with E-state index in [2.05, 4.69) is 18.2 Å². The van der Waals surface area contributed by atoms with Gasteiger partial charge in [0.25, 0.3) is 0 Å². The van der Waals surface area contributed by atoms with E-state index in [-0.39, 0.29) is 18.1 Å². The molecule has 1 aromatic carbocycles. The van der Waals surface area contributed by atoms with Crippen molar-refractivity contribution in [1.82, 2.24) is 4.90 Å². The molecule has 1 amide bonds. The van der Waals surface area contributed by atoms with Gasteiger partial charge in [0.05, 0.1) is 0 Å². The molecular weight excluding hydrogens is 266 g/mol. The molecule has 0 fully saturated rings. The highest BCUT2D eigenvalue weighted by Gasteiger charge is 2.35. The Bertz CT molecular complexity index is 579. The maximum absolute atomic E-state index is 12.3. The normalized spacial score (nSPS) is 23.1. The minimum Gasteiger partial charge on any atom is -0.454 e. The lowest BCUT2D eigenvalue weighted by Crippen LogP contribution is -2.34. The Morgan fingerprint density at radius 2 is 2.10 bits per heavy atom. The van der Waals surface area contributed by atoms with Crippen LogP contribution in [0.15, 0.2) is 30.4 Å². The number of ether oxygens (including phenoxy) is 2. The number of amides is 1. The van der Waals surface area contributed by atoms with E-state index in [1.54, 1.807) is 4.90 Å². The summed E-state index contributed by atoms with van der Waals surface area (Å²) >= 11 is 0. The summed E-state index contributed by atoms with van der Waals surface area (Å²) in [6.45, 7) is 0.276. The van der Waals surface area contributed by atoms with Gasteiger partial charge in [0.2, 0.25) is 12.7 Å². The van der Waals surface area contributed by atoms with Crippen molar-refractivity contribution in [3.8, 4) is 11.5 Å². The van der Waals surface area contributed by atoms with Crippen LogP contribution >= 0.6 is 0 Å². The molecular formula is C17H21NO3. The van der Waals surface area contributed by atoms with Gasteiger partial charge in [-0.15, -0.1) is 0 Å². The molecule has 1 aliphatic heterocycles. The molecule has 1 heterocycles. The number of hydrogen-bond acceptors (Lipinski definition) is 3. The molecule has 0 saturated heterocycles. The van der Waals surface area contributed by atoms with Crippen molar-refractivity contribution in [3.05, 3.63) is 35.9 Å². The fourth-order valence-electron chi connectivity index (χ4n) is 3.05. The average Bonchev–Trinajstić information content (AvgIpc) is 2.95. The Morgan fingerprint density at radius 1 is 1.29 bits per heavy atom. The van der Waals surface area contributed by atoms with Crippen LogP contribution in [0.1, 0.15) is 31.2 Å². The van der Waals surface area contributed by atoms with Crippen LogP contribution in [0.4, 0.5) is 0 Å². The van der Waals surface area contributed by atoms with E-state index in [0.717, 1.165) is 36.3 Å². The van der Waals surface area contributed by atoms with E-state index in [4.69, 9.17) is 9.47 Å². The first-order valence-corrected chi connectivity index (χ1v) is 7.39. The Kier molecular flexibility index (Phi) is 3.62. The van der Waals surface area contributed by atoms with E-state index >= 15 is 0 Å². The van der Waals surface area contributed by atoms with Crippen LogP contribution in [0.5, 0.6) is 11.5 Å². The van der Waals surface area contributed by atoms with Gasteiger partial charge in [0, 0.05) is 25.9 Å². The van der Waals surface area contributed by atoms with Gasteiger partial charge in [-0.1, -0.05) is 18.2 Å². The van der Waals surface area contributed by atoms with Gasteiger partial charge in [-0.2, -0.15) is 0 Å². The van der Waals surface area contributed by atoms with Crippen LogP contribution in [-0.4, -0.2) is 31.7 Å². The maximum atomic E-state index is 12.3. The maximum Gasteiger partial charge on any atom is 0.231 e. The second-order valence-corrected chi connectivity index (χ2v) is 5.98. The highest BCUT2D eigenvalue weighted by Crippen LogP contribution is 2.42. The predicted octanol–water partition coefficient (Wildman–Crippen LogP) is 2.87.